The van der Waals surface area contributed by atoms with E-state index < -0.39 is 43.0 Å². The molecule has 46 heavy (non-hydrogen) atoms. The van der Waals surface area contributed by atoms with Gasteiger partial charge in [-0.2, -0.15) is 18.2 Å². The number of oxazole rings is 1. The van der Waals surface area contributed by atoms with Crippen LogP contribution in [0.3, 0.4) is 0 Å². The molecule has 0 radical (unpaired) electrons. The average molecular weight is 644 g/mol. The minimum Gasteiger partial charge on any atom is -0.492 e. The van der Waals surface area contributed by atoms with E-state index >= 15 is 0 Å². The Labute approximate surface area is 264 Å². The standard InChI is InChI=1S/C33H36F3N3O7/c1-4-10-25(43-18-17-38(3)31-37-26-13-8-9-14-27(26)46-31)16-15-22(2)28(40)29(45-21-33(34,35)36)30(41)39-24(20-44-32(39)42)19-23-11-6-5-7-12-23/h4-16,24,28-29,40H,17-21H2,1-3H3/b10-4-,22-15+,25-16+/t24-,28?,29?/m0/s1. The molecule has 1 saturated heterocycles. The van der Waals surface area contributed by atoms with Crippen molar-refractivity contribution in [2.45, 2.75) is 44.7 Å². The molecule has 1 aromatic heterocycles. The zero-order valence-electron chi connectivity index (χ0n) is 25.6. The van der Waals surface area contributed by atoms with Gasteiger partial charge < -0.3 is 28.6 Å². The SMILES string of the molecule is C\C=C/C(=C\C=C(/C)C(O)C(OCC(F)(F)F)C(=O)N1C(=O)OC[C@@H]1Cc1ccccc1)OCCN(C)c1nc2ccccc2o1. The number of halogens is 3. The molecule has 0 aliphatic carbocycles. The van der Waals surface area contributed by atoms with Gasteiger partial charge in [0.1, 0.15) is 37.2 Å². The lowest BCUT2D eigenvalue weighted by molar-refractivity contribution is -0.197. The molecule has 3 aromatic rings. The van der Waals surface area contributed by atoms with Crippen LogP contribution in [0.4, 0.5) is 24.0 Å². The van der Waals surface area contributed by atoms with Crippen LogP contribution < -0.4 is 4.90 Å². The van der Waals surface area contributed by atoms with E-state index in [0.29, 0.717) is 23.9 Å². The van der Waals surface area contributed by atoms with Crippen molar-refractivity contribution in [3.05, 3.63) is 95.8 Å². The number of nitrogens with zero attached hydrogens (tertiary/aromatic N) is 3. The number of carbonyl (C=O) groups excluding carboxylic acids is 2. The second-order valence-corrected chi connectivity index (χ2v) is 10.6. The van der Waals surface area contributed by atoms with Crippen LogP contribution in [0.15, 0.2) is 94.7 Å². The summed E-state index contributed by atoms with van der Waals surface area (Å²) in [5, 5.41) is 11.1. The molecule has 1 aliphatic rings. The maximum absolute atomic E-state index is 13.5. The summed E-state index contributed by atoms with van der Waals surface area (Å²) in [5.74, 6) is -0.755. The van der Waals surface area contributed by atoms with Crippen LogP contribution >= 0.6 is 0 Å². The van der Waals surface area contributed by atoms with Gasteiger partial charge in [0.05, 0.1) is 12.6 Å². The number of hydrogen-bond donors (Lipinski definition) is 1. The molecule has 3 atom stereocenters. The number of aliphatic hydroxyl groups is 1. The van der Waals surface area contributed by atoms with Crippen molar-refractivity contribution in [2.75, 3.05) is 38.3 Å². The Bertz CT molecular complexity index is 1540. The van der Waals surface area contributed by atoms with E-state index in [1.807, 2.05) is 24.3 Å². The number of allylic oxidation sites excluding steroid dienone is 4. The van der Waals surface area contributed by atoms with Crippen molar-refractivity contribution in [1.82, 2.24) is 9.88 Å². The number of anilines is 1. The summed E-state index contributed by atoms with van der Waals surface area (Å²) in [6.07, 6.45) is -3.16. The maximum Gasteiger partial charge on any atom is 0.417 e. The first-order valence-electron chi connectivity index (χ1n) is 14.6. The van der Waals surface area contributed by atoms with E-state index in [4.69, 9.17) is 18.6 Å². The quantitative estimate of drug-likeness (QED) is 0.178. The van der Waals surface area contributed by atoms with Gasteiger partial charge in [0.2, 0.25) is 0 Å². The van der Waals surface area contributed by atoms with E-state index in [0.717, 1.165) is 16.0 Å². The summed E-state index contributed by atoms with van der Waals surface area (Å²) in [4.78, 5) is 33.0. The highest BCUT2D eigenvalue weighted by Gasteiger charge is 2.45. The van der Waals surface area contributed by atoms with Crippen LogP contribution in [0.25, 0.3) is 11.1 Å². The third kappa shape index (κ3) is 9.21. The molecule has 1 N–H and O–H groups in total. The molecule has 10 nitrogen and oxygen atoms in total. The van der Waals surface area contributed by atoms with Gasteiger partial charge in [0.15, 0.2) is 11.7 Å². The first kappa shape index (κ1) is 34.3. The smallest absolute Gasteiger partial charge is 0.417 e. The van der Waals surface area contributed by atoms with Gasteiger partial charge in [-0.15, -0.1) is 0 Å². The van der Waals surface area contributed by atoms with Gasteiger partial charge in [0.25, 0.3) is 11.9 Å². The number of carbonyl (C=O) groups is 2. The van der Waals surface area contributed by atoms with E-state index in [1.54, 1.807) is 61.4 Å². The molecule has 1 fully saturated rings. The summed E-state index contributed by atoms with van der Waals surface area (Å²) in [5.41, 5.74) is 2.27. The van der Waals surface area contributed by atoms with Crippen LogP contribution in [-0.4, -0.2) is 84.8 Å². The number of rotatable bonds is 14. The molecule has 0 bridgehead atoms. The first-order valence-corrected chi connectivity index (χ1v) is 14.6. The lowest BCUT2D eigenvalue weighted by Gasteiger charge is -2.28. The zero-order valence-corrected chi connectivity index (χ0v) is 25.6. The van der Waals surface area contributed by atoms with Crippen molar-refractivity contribution < 1.29 is 46.5 Å². The minimum absolute atomic E-state index is 0.0990. The predicted octanol–water partition coefficient (Wildman–Crippen LogP) is 5.59. The predicted molar refractivity (Wildman–Crippen MR) is 164 cm³/mol. The molecule has 246 valence electrons. The fourth-order valence-electron chi connectivity index (χ4n) is 4.67. The first-order chi connectivity index (χ1) is 22.0. The molecule has 1 aliphatic heterocycles. The molecule has 2 aromatic carbocycles. The number of likely N-dealkylation sites (N-methyl/N-ethyl adjacent to an activating group) is 1. The summed E-state index contributed by atoms with van der Waals surface area (Å²) >= 11 is 0. The average Bonchev–Trinajstić information content (AvgIpc) is 3.62. The van der Waals surface area contributed by atoms with Crippen molar-refractivity contribution in [2.24, 2.45) is 0 Å². The largest absolute Gasteiger partial charge is 0.492 e. The molecule has 2 amide bonds. The van der Waals surface area contributed by atoms with E-state index in [1.165, 1.54) is 19.1 Å². The molecular weight excluding hydrogens is 607 g/mol. The number of cyclic esters (lactones) is 1. The zero-order chi connectivity index (χ0) is 33.3. The Morgan fingerprint density at radius 1 is 1.17 bits per heavy atom. The number of aliphatic hydroxyl groups excluding tert-OH is 1. The number of fused-ring (bicyclic) bond motifs is 1. The Balaban J connectivity index is 1.46. The molecule has 2 heterocycles. The van der Waals surface area contributed by atoms with E-state index in [2.05, 4.69) is 4.98 Å². The van der Waals surface area contributed by atoms with Gasteiger partial charge >= 0.3 is 12.3 Å². The third-order valence-corrected chi connectivity index (χ3v) is 7.08. The summed E-state index contributed by atoms with van der Waals surface area (Å²) in [6, 6.07) is 15.9. The Kier molecular flexibility index (Phi) is 11.6. The molecule has 0 spiro atoms. The fraction of sp³-hybridized carbons (Fsp3) is 0.364. The molecule has 13 heteroatoms. The molecular formula is C33H36F3N3O7. The molecule has 2 unspecified atom stereocenters. The summed E-state index contributed by atoms with van der Waals surface area (Å²) in [7, 11) is 1.80. The molecule has 4 rings (SSSR count). The molecule has 0 saturated carbocycles. The second-order valence-electron chi connectivity index (χ2n) is 10.6. The van der Waals surface area contributed by atoms with Crippen molar-refractivity contribution in [3.8, 4) is 0 Å². The van der Waals surface area contributed by atoms with Gasteiger partial charge in [-0.25, -0.2) is 9.69 Å². The minimum atomic E-state index is -4.79. The monoisotopic (exact) mass is 643 g/mol. The number of imide groups is 1. The van der Waals surface area contributed by atoms with Crippen LogP contribution in [-0.2, 0) is 25.4 Å². The fourth-order valence-corrected chi connectivity index (χ4v) is 4.67. The number of hydrogen-bond acceptors (Lipinski definition) is 9. The lowest BCUT2D eigenvalue weighted by atomic mass is 10.0. The second kappa shape index (κ2) is 15.6. The van der Waals surface area contributed by atoms with Gasteiger partial charge in [-0.1, -0.05) is 54.6 Å². The number of para-hydroxylation sites is 2. The third-order valence-electron chi connectivity index (χ3n) is 7.08. The summed E-state index contributed by atoms with van der Waals surface area (Å²) in [6.45, 7) is 1.87. The van der Waals surface area contributed by atoms with E-state index in [-0.39, 0.29) is 25.2 Å². The number of alkyl halides is 3. The Morgan fingerprint density at radius 2 is 1.89 bits per heavy atom. The number of benzene rings is 2. The normalized spacial score (nSPS) is 17.4. The van der Waals surface area contributed by atoms with Crippen LogP contribution in [0, 0.1) is 0 Å². The topological polar surface area (TPSA) is 115 Å². The van der Waals surface area contributed by atoms with Gasteiger partial charge in [0, 0.05) is 7.05 Å². The van der Waals surface area contributed by atoms with Crippen molar-refractivity contribution in [3.63, 3.8) is 0 Å². The van der Waals surface area contributed by atoms with Gasteiger partial charge in [-0.3, -0.25) is 4.79 Å². The van der Waals surface area contributed by atoms with Gasteiger partial charge in [-0.05, 0) is 55.7 Å². The highest BCUT2D eigenvalue weighted by Crippen LogP contribution is 2.25. The van der Waals surface area contributed by atoms with Crippen molar-refractivity contribution >= 4 is 29.1 Å². The maximum atomic E-state index is 13.5. The highest BCUT2D eigenvalue weighted by atomic mass is 19.4. The lowest BCUT2D eigenvalue weighted by Crippen LogP contribution is -2.51. The van der Waals surface area contributed by atoms with Crippen LogP contribution in [0.2, 0.25) is 0 Å². The Morgan fingerprint density at radius 3 is 2.59 bits per heavy atom. The number of ether oxygens (including phenoxy) is 3. The summed E-state index contributed by atoms with van der Waals surface area (Å²) < 4.78 is 61.1. The number of aromatic nitrogens is 1. The van der Waals surface area contributed by atoms with Crippen LogP contribution in [0.1, 0.15) is 19.4 Å². The highest BCUT2D eigenvalue weighted by molar-refractivity contribution is 5.96. The Hall–Kier alpha value is -4.62. The number of amides is 2. The van der Waals surface area contributed by atoms with Crippen molar-refractivity contribution in [1.29, 1.82) is 0 Å². The van der Waals surface area contributed by atoms with Crippen LogP contribution in [0.5, 0.6) is 0 Å². The van der Waals surface area contributed by atoms with E-state index in [9.17, 15) is 27.9 Å².